The van der Waals surface area contributed by atoms with Crippen molar-refractivity contribution < 1.29 is 14.7 Å². The summed E-state index contributed by atoms with van der Waals surface area (Å²) in [7, 11) is 0. The molecule has 0 fully saturated rings. The van der Waals surface area contributed by atoms with Gasteiger partial charge in [-0.25, -0.2) is 0 Å². The predicted octanol–water partition coefficient (Wildman–Crippen LogP) is 9.81. The molecule has 234 valence electrons. The van der Waals surface area contributed by atoms with Gasteiger partial charge in [-0.2, -0.15) is 0 Å². The van der Waals surface area contributed by atoms with Crippen molar-refractivity contribution >= 4 is 11.6 Å². The Morgan fingerprint density at radius 3 is 1.43 bits per heavy atom. The largest absolute Gasteiger partial charge is 0.391 e. The molecule has 0 aliphatic heterocycles. The second-order valence-electron chi connectivity index (χ2n) is 13.2. The number of hydrogen-bond donors (Lipinski definition) is 1. The van der Waals surface area contributed by atoms with Crippen LogP contribution in [0.25, 0.3) is 0 Å². The van der Waals surface area contributed by atoms with Crippen LogP contribution >= 0.6 is 0 Å². The van der Waals surface area contributed by atoms with Crippen LogP contribution in [-0.2, 0) is 9.59 Å². The van der Waals surface area contributed by atoms with Gasteiger partial charge in [0, 0.05) is 11.8 Å². The SMILES string of the molecule is CC1=C(/C=C/C(C)=C/C=C/C(C)=C/C=C/C=C(C)/C=C/C=C(C)/C=C/C2=C(C)C(=O)[CH]C(O)C2(C)C)C(C)(C)C(C)[CH]C1=O. The molecule has 2 rings (SSSR count). The first kappa shape index (κ1) is 36.6. The molecule has 0 bridgehead atoms. The van der Waals surface area contributed by atoms with Gasteiger partial charge in [0.05, 0.1) is 12.5 Å². The first-order valence-corrected chi connectivity index (χ1v) is 15.5. The van der Waals surface area contributed by atoms with E-state index in [1.54, 1.807) is 0 Å². The van der Waals surface area contributed by atoms with Crippen LogP contribution in [0.15, 0.2) is 130 Å². The summed E-state index contributed by atoms with van der Waals surface area (Å²) >= 11 is 0. The zero-order chi connectivity index (χ0) is 33.2. The third kappa shape index (κ3) is 9.99. The Labute approximate surface area is 267 Å². The average molecular weight is 593 g/mol. The summed E-state index contributed by atoms with van der Waals surface area (Å²) in [4.78, 5) is 24.5. The summed E-state index contributed by atoms with van der Waals surface area (Å²) in [6, 6.07) is 0. The third-order valence-electron chi connectivity index (χ3n) is 8.82. The first-order chi connectivity index (χ1) is 20.5. The molecule has 3 nitrogen and oxygen atoms in total. The second kappa shape index (κ2) is 16.0. The second-order valence-corrected chi connectivity index (χ2v) is 13.2. The summed E-state index contributed by atoms with van der Waals surface area (Å²) in [5.74, 6) is 0.237. The van der Waals surface area contributed by atoms with E-state index in [9.17, 15) is 14.7 Å². The number of ketones is 2. The molecule has 2 atom stereocenters. The summed E-state index contributed by atoms with van der Waals surface area (Å²) in [5.41, 5.74) is 7.38. The maximum atomic E-state index is 12.3. The summed E-state index contributed by atoms with van der Waals surface area (Å²) in [5, 5.41) is 10.3. The minimum absolute atomic E-state index is 0.0656. The number of carbonyl (C=O) groups is 2. The van der Waals surface area contributed by atoms with Crippen molar-refractivity contribution in [2.24, 2.45) is 16.7 Å². The minimum atomic E-state index is -0.786. The van der Waals surface area contributed by atoms with Gasteiger partial charge in [-0.15, -0.1) is 0 Å². The maximum absolute atomic E-state index is 12.3. The molecule has 1 N–H and O–H groups in total. The fourth-order valence-corrected chi connectivity index (χ4v) is 5.12. The van der Waals surface area contributed by atoms with Crippen LogP contribution in [0.1, 0.15) is 76.2 Å². The van der Waals surface area contributed by atoms with Crippen LogP contribution in [0.5, 0.6) is 0 Å². The van der Waals surface area contributed by atoms with Crippen LogP contribution in [0.2, 0.25) is 0 Å². The van der Waals surface area contributed by atoms with Crippen molar-refractivity contribution in [1.82, 2.24) is 0 Å². The van der Waals surface area contributed by atoms with Crippen molar-refractivity contribution in [3.05, 3.63) is 142 Å². The fraction of sp³-hybridized carbons (Fsp3) is 0.366. The molecule has 2 unspecified atom stereocenters. The highest BCUT2D eigenvalue weighted by Gasteiger charge is 2.39. The Morgan fingerprint density at radius 1 is 0.614 bits per heavy atom. The summed E-state index contributed by atoms with van der Waals surface area (Å²) < 4.78 is 0. The Morgan fingerprint density at radius 2 is 0.977 bits per heavy atom. The molecule has 0 aromatic carbocycles. The van der Waals surface area contributed by atoms with E-state index in [0.29, 0.717) is 5.57 Å². The number of aliphatic hydroxyl groups is 1. The van der Waals surface area contributed by atoms with Crippen molar-refractivity contribution in [2.45, 2.75) is 82.3 Å². The zero-order valence-electron chi connectivity index (χ0n) is 28.7. The molecule has 0 aromatic heterocycles. The van der Waals surface area contributed by atoms with Crippen LogP contribution in [0.3, 0.4) is 0 Å². The number of hydrogen-bond acceptors (Lipinski definition) is 3. The smallest absolute Gasteiger partial charge is 0.165 e. The van der Waals surface area contributed by atoms with Crippen molar-refractivity contribution in [3.63, 3.8) is 0 Å². The molecule has 0 saturated carbocycles. The molecule has 3 heteroatoms. The number of aliphatic hydroxyl groups excluding tert-OH is 1. The molecule has 0 amide bonds. The Kier molecular flexibility index (Phi) is 13.3. The normalized spacial score (nSPS) is 24.5. The molecule has 2 radical (unpaired) electrons. The molecule has 0 aromatic rings. The lowest BCUT2D eigenvalue weighted by Gasteiger charge is -2.38. The molecule has 2 aliphatic carbocycles. The Hall–Kier alpha value is -3.56. The van der Waals surface area contributed by atoms with Crippen LogP contribution in [0.4, 0.5) is 0 Å². The van der Waals surface area contributed by atoms with Gasteiger partial charge in [-0.3, -0.25) is 9.59 Å². The van der Waals surface area contributed by atoms with E-state index >= 15 is 0 Å². The topological polar surface area (TPSA) is 54.4 Å². The Bertz CT molecular complexity index is 1340. The van der Waals surface area contributed by atoms with Gasteiger partial charge in [-0.1, -0.05) is 142 Å². The van der Waals surface area contributed by atoms with Gasteiger partial charge in [-0.05, 0) is 75.2 Å². The Balaban J connectivity index is 1.96. The van der Waals surface area contributed by atoms with Crippen molar-refractivity contribution in [1.29, 1.82) is 0 Å². The van der Waals surface area contributed by atoms with Gasteiger partial charge in [0.15, 0.2) is 11.6 Å². The van der Waals surface area contributed by atoms with E-state index in [4.69, 9.17) is 0 Å². The van der Waals surface area contributed by atoms with Crippen LogP contribution < -0.4 is 0 Å². The number of allylic oxidation sites excluding steroid dienone is 21. The standard InChI is InChI=1S/C41H52O3/c1-28(18-14-20-30(3)22-24-35-33(6)37(42)26-32(5)40(35,8)9)16-12-13-17-29(2)19-15-21-31(4)23-25-36-34(7)38(43)27-39(44)41(36,10)11/h12-27,32,39,44H,1-11H3/b13-12+,18-14+,19-15+,24-22+,25-23+,28-16+,29-17+,30-20+,31-21+. The van der Waals surface area contributed by atoms with E-state index in [0.717, 1.165) is 39.0 Å². The lowest BCUT2D eigenvalue weighted by molar-refractivity contribution is -0.115. The van der Waals surface area contributed by atoms with Gasteiger partial charge < -0.3 is 5.11 Å². The number of carbonyl (C=O) groups excluding carboxylic acids is 2. The molecule has 44 heavy (non-hydrogen) atoms. The van der Waals surface area contributed by atoms with Crippen molar-refractivity contribution in [2.75, 3.05) is 0 Å². The van der Waals surface area contributed by atoms with E-state index in [1.807, 2.05) is 83.6 Å². The van der Waals surface area contributed by atoms with Gasteiger partial charge >= 0.3 is 0 Å². The lowest BCUT2D eigenvalue weighted by atomic mass is 9.66. The highest BCUT2D eigenvalue weighted by Crippen LogP contribution is 2.43. The first-order valence-electron chi connectivity index (χ1n) is 15.5. The van der Waals surface area contributed by atoms with E-state index in [1.165, 1.54) is 6.42 Å². The van der Waals surface area contributed by atoms with Gasteiger partial charge in [0.2, 0.25) is 0 Å². The highest BCUT2D eigenvalue weighted by molar-refractivity contribution is 6.04. The fourth-order valence-electron chi connectivity index (χ4n) is 5.12. The van der Waals surface area contributed by atoms with Gasteiger partial charge in [0.1, 0.15) is 0 Å². The summed E-state index contributed by atoms with van der Waals surface area (Å²) in [6.07, 6.45) is 31.1. The van der Waals surface area contributed by atoms with Crippen molar-refractivity contribution in [3.8, 4) is 0 Å². The number of rotatable bonds is 10. The minimum Gasteiger partial charge on any atom is -0.391 e. The average Bonchev–Trinajstić information content (AvgIpc) is 2.93. The zero-order valence-corrected chi connectivity index (χ0v) is 28.7. The predicted molar refractivity (Wildman–Crippen MR) is 187 cm³/mol. The number of Topliss-reactive ketones (excluding diaryl/α,β-unsaturated/α-hetero) is 2. The van der Waals surface area contributed by atoms with Crippen LogP contribution in [0, 0.1) is 29.6 Å². The monoisotopic (exact) mass is 592 g/mol. The van der Waals surface area contributed by atoms with E-state index < -0.39 is 11.5 Å². The highest BCUT2D eigenvalue weighted by atomic mass is 16.3. The molecule has 2 aliphatic rings. The van der Waals surface area contributed by atoms with E-state index in [2.05, 4.69) is 84.1 Å². The maximum Gasteiger partial charge on any atom is 0.165 e. The molecular formula is C41H52O3. The molecule has 0 heterocycles. The third-order valence-corrected chi connectivity index (χ3v) is 8.82. The summed E-state index contributed by atoms with van der Waals surface area (Å²) in [6.45, 7) is 22.4. The van der Waals surface area contributed by atoms with Gasteiger partial charge in [0.25, 0.3) is 0 Å². The van der Waals surface area contributed by atoms with Crippen LogP contribution in [-0.4, -0.2) is 22.8 Å². The molecular weight excluding hydrogens is 540 g/mol. The quantitative estimate of drug-likeness (QED) is 0.257. The lowest BCUT2D eigenvalue weighted by Crippen LogP contribution is -2.38. The molecule has 0 spiro atoms. The van der Waals surface area contributed by atoms with E-state index in [-0.39, 0.29) is 22.9 Å². The molecule has 0 saturated heterocycles.